The Hall–Kier alpha value is -0.860. The van der Waals surface area contributed by atoms with Crippen LogP contribution in [0.2, 0.25) is 0 Å². The fourth-order valence-electron chi connectivity index (χ4n) is 2.55. The van der Waals surface area contributed by atoms with Gasteiger partial charge in [-0.1, -0.05) is 51.1 Å². The van der Waals surface area contributed by atoms with Gasteiger partial charge in [-0.3, -0.25) is 4.90 Å². The van der Waals surface area contributed by atoms with Crippen LogP contribution in [0.1, 0.15) is 26.3 Å². The molecule has 0 spiro atoms. The van der Waals surface area contributed by atoms with E-state index in [-0.39, 0.29) is 12.6 Å². The van der Waals surface area contributed by atoms with Crippen LogP contribution in [0.4, 0.5) is 0 Å². The van der Waals surface area contributed by atoms with E-state index in [2.05, 4.69) is 49.9 Å². The molecule has 1 fully saturated rings. The third-order valence-corrected chi connectivity index (χ3v) is 4.18. The van der Waals surface area contributed by atoms with Crippen molar-refractivity contribution in [1.82, 2.24) is 4.90 Å². The molecule has 1 aromatic carbocycles. The molecule has 1 aliphatic rings. The third kappa shape index (κ3) is 3.12. The number of rotatable bonds is 4. The van der Waals surface area contributed by atoms with Crippen molar-refractivity contribution in [3.8, 4) is 0 Å². The molecule has 0 aromatic heterocycles. The Balaban J connectivity index is 1.88. The molecule has 0 amide bonds. The van der Waals surface area contributed by atoms with Crippen LogP contribution in [0, 0.1) is 11.3 Å². The molecule has 2 rings (SSSR count). The fraction of sp³-hybridized carbons (Fsp3) is 0.625. The number of benzene rings is 1. The van der Waals surface area contributed by atoms with Gasteiger partial charge in [0.05, 0.1) is 6.61 Å². The van der Waals surface area contributed by atoms with Gasteiger partial charge < -0.3 is 5.11 Å². The number of aliphatic hydroxyl groups is 1. The van der Waals surface area contributed by atoms with E-state index in [4.69, 9.17) is 0 Å². The van der Waals surface area contributed by atoms with Crippen molar-refractivity contribution in [2.24, 2.45) is 11.3 Å². The van der Waals surface area contributed by atoms with Crippen LogP contribution in [-0.2, 0) is 6.42 Å². The highest BCUT2D eigenvalue weighted by molar-refractivity contribution is 5.16. The summed E-state index contributed by atoms with van der Waals surface area (Å²) in [4.78, 5) is 2.42. The highest BCUT2D eigenvalue weighted by Gasteiger charge is 2.38. The molecule has 100 valence electrons. The topological polar surface area (TPSA) is 23.5 Å². The number of hydrogen-bond donors (Lipinski definition) is 1. The summed E-state index contributed by atoms with van der Waals surface area (Å²) >= 11 is 0. The second kappa shape index (κ2) is 5.41. The molecule has 1 aromatic rings. The van der Waals surface area contributed by atoms with Gasteiger partial charge in [0, 0.05) is 19.1 Å². The molecule has 2 nitrogen and oxygen atoms in total. The zero-order chi connectivity index (χ0) is 13.2. The van der Waals surface area contributed by atoms with Crippen molar-refractivity contribution in [2.75, 3.05) is 19.7 Å². The van der Waals surface area contributed by atoms with Crippen LogP contribution in [0.5, 0.6) is 0 Å². The molecule has 0 bridgehead atoms. The summed E-state index contributed by atoms with van der Waals surface area (Å²) in [6, 6.07) is 10.7. The Labute approximate surface area is 111 Å². The van der Waals surface area contributed by atoms with Crippen molar-refractivity contribution in [3.05, 3.63) is 35.9 Å². The van der Waals surface area contributed by atoms with Crippen molar-refractivity contribution in [3.63, 3.8) is 0 Å². The van der Waals surface area contributed by atoms with E-state index in [0.717, 1.165) is 25.4 Å². The SMILES string of the molecule is CC(C)(C)C1CN(C(CO)Cc2ccccc2)C1. The van der Waals surface area contributed by atoms with E-state index in [9.17, 15) is 5.11 Å². The van der Waals surface area contributed by atoms with E-state index in [1.54, 1.807) is 0 Å². The Kier molecular flexibility index (Phi) is 4.08. The monoisotopic (exact) mass is 247 g/mol. The Bertz CT molecular complexity index is 362. The average molecular weight is 247 g/mol. The number of nitrogens with zero attached hydrogens (tertiary/aromatic N) is 1. The van der Waals surface area contributed by atoms with Gasteiger partial charge >= 0.3 is 0 Å². The van der Waals surface area contributed by atoms with Gasteiger partial charge in [-0.15, -0.1) is 0 Å². The molecule has 1 heterocycles. The Morgan fingerprint density at radius 2 is 1.83 bits per heavy atom. The minimum atomic E-state index is 0.256. The first kappa shape index (κ1) is 13.6. The largest absolute Gasteiger partial charge is 0.395 e. The first-order valence-corrected chi connectivity index (χ1v) is 6.89. The highest BCUT2D eigenvalue weighted by atomic mass is 16.3. The molecule has 1 unspecified atom stereocenters. The standard InChI is InChI=1S/C16H25NO/c1-16(2,3)14-10-17(11-14)15(12-18)9-13-7-5-4-6-8-13/h4-8,14-15,18H,9-12H2,1-3H3. The third-order valence-electron chi connectivity index (χ3n) is 4.18. The van der Waals surface area contributed by atoms with E-state index < -0.39 is 0 Å². The van der Waals surface area contributed by atoms with Crippen molar-refractivity contribution in [1.29, 1.82) is 0 Å². The lowest BCUT2D eigenvalue weighted by Gasteiger charge is -2.49. The molecule has 1 saturated heterocycles. The lowest BCUT2D eigenvalue weighted by molar-refractivity contribution is -0.0231. The van der Waals surface area contributed by atoms with Crippen molar-refractivity contribution in [2.45, 2.75) is 33.2 Å². The summed E-state index contributed by atoms with van der Waals surface area (Å²) < 4.78 is 0. The van der Waals surface area contributed by atoms with Crippen molar-refractivity contribution >= 4 is 0 Å². The molecular weight excluding hydrogens is 222 g/mol. The van der Waals surface area contributed by atoms with E-state index in [1.165, 1.54) is 5.56 Å². The average Bonchev–Trinajstić information content (AvgIpc) is 2.25. The smallest absolute Gasteiger partial charge is 0.0590 e. The van der Waals surface area contributed by atoms with Crippen LogP contribution in [0.25, 0.3) is 0 Å². The fourth-order valence-corrected chi connectivity index (χ4v) is 2.55. The van der Waals surface area contributed by atoms with Crippen LogP contribution in [0.3, 0.4) is 0 Å². The van der Waals surface area contributed by atoms with Crippen LogP contribution < -0.4 is 0 Å². The van der Waals surface area contributed by atoms with Crippen LogP contribution in [-0.4, -0.2) is 35.7 Å². The predicted molar refractivity (Wildman–Crippen MR) is 75.5 cm³/mol. The minimum Gasteiger partial charge on any atom is -0.395 e. The molecule has 0 saturated carbocycles. The second-order valence-corrected chi connectivity index (χ2v) is 6.54. The van der Waals surface area contributed by atoms with Gasteiger partial charge in [-0.05, 0) is 23.3 Å². The second-order valence-electron chi connectivity index (χ2n) is 6.54. The van der Waals surface area contributed by atoms with Crippen LogP contribution in [0.15, 0.2) is 30.3 Å². The predicted octanol–water partition coefficient (Wildman–Crippen LogP) is 2.57. The van der Waals surface area contributed by atoms with Gasteiger partial charge in [0.1, 0.15) is 0 Å². The first-order chi connectivity index (χ1) is 8.50. The molecule has 0 aliphatic carbocycles. The van der Waals surface area contributed by atoms with Crippen LogP contribution >= 0.6 is 0 Å². The summed E-state index contributed by atoms with van der Waals surface area (Å²) in [6.45, 7) is 9.43. The van der Waals surface area contributed by atoms with Gasteiger partial charge in [-0.2, -0.15) is 0 Å². The number of hydrogen-bond acceptors (Lipinski definition) is 2. The molecule has 2 heteroatoms. The van der Waals surface area contributed by atoms with Gasteiger partial charge in [0.25, 0.3) is 0 Å². The molecule has 0 radical (unpaired) electrons. The zero-order valence-corrected chi connectivity index (χ0v) is 11.8. The van der Waals surface area contributed by atoms with E-state index >= 15 is 0 Å². The maximum atomic E-state index is 9.57. The number of aliphatic hydroxyl groups excluding tert-OH is 1. The normalized spacial score (nSPS) is 19.6. The first-order valence-electron chi connectivity index (χ1n) is 6.89. The minimum absolute atomic E-state index is 0.256. The molecular formula is C16H25NO. The zero-order valence-electron chi connectivity index (χ0n) is 11.8. The molecule has 1 N–H and O–H groups in total. The Morgan fingerprint density at radius 3 is 2.33 bits per heavy atom. The maximum absolute atomic E-state index is 9.57. The summed E-state index contributed by atoms with van der Waals surface area (Å²) in [5.41, 5.74) is 1.71. The quantitative estimate of drug-likeness (QED) is 0.884. The molecule has 18 heavy (non-hydrogen) atoms. The maximum Gasteiger partial charge on any atom is 0.0590 e. The van der Waals surface area contributed by atoms with Gasteiger partial charge in [-0.25, -0.2) is 0 Å². The molecule has 1 atom stereocenters. The summed E-state index contributed by atoms with van der Waals surface area (Å²) in [5, 5.41) is 9.57. The summed E-state index contributed by atoms with van der Waals surface area (Å²) in [6.07, 6.45) is 0.953. The van der Waals surface area contributed by atoms with E-state index in [1.807, 2.05) is 6.07 Å². The summed E-state index contributed by atoms with van der Waals surface area (Å²) in [5.74, 6) is 0.766. The van der Waals surface area contributed by atoms with Crippen molar-refractivity contribution < 1.29 is 5.11 Å². The highest BCUT2D eigenvalue weighted by Crippen LogP contribution is 2.34. The lowest BCUT2D eigenvalue weighted by atomic mass is 9.75. The number of likely N-dealkylation sites (tertiary alicyclic amines) is 1. The molecule has 1 aliphatic heterocycles. The Morgan fingerprint density at radius 1 is 1.22 bits per heavy atom. The van der Waals surface area contributed by atoms with Gasteiger partial charge in [0.2, 0.25) is 0 Å². The van der Waals surface area contributed by atoms with Gasteiger partial charge in [0.15, 0.2) is 0 Å². The lowest BCUT2D eigenvalue weighted by Crippen LogP contribution is -2.57. The summed E-state index contributed by atoms with van der Waals surface area (Å²) in [7, 11) is 0. The van der Waals surface area contributed by atoms with E-state index in [0.29, 0.717) is 5.41 Å².